The van der Waals surface area contributed by atoms with Crippen molar-refractivity contribution in [2.24, 2.45) is 0 Å². The van der Waals surface area contributed by atoms with Crippen molar-refractivity contribution in [3.63, 3.8) is 0 Å². The van der Waals surface area contributed by atoms with E-state index in [0.29, 0.717) is 0 Å². The Morgan fingerprint density at radius 1 is 1.07 bits per heavy atom. The van der Waals surface area contributed by atoms with Gasteiger partial charge in [-0.15, -0.1) is 0 Å². The molecule has 0 N–H and O–H groups in total. The topological polar surface area (TPSA) is 70.4 Å². The molecule has 1 spiro atoms. The van der Waals surface area contributed by atoms with E-state index in [4.69, 9.17) is 10.00 Å². The van der Waals surface area contributed by atoms with Crippen LogP contribution < -0.4 is 4.74 Å². The van der Waals surface area contributed by atoms with Crippen molar-refractivity contribution in [3.05, 3.63) is 53.6 Å². The summed E-state index contributed by atoms with van der Waals surface area (Å²) in [6, 6.07) is 14.0. The summed E-state index contributed by atoms with van der Waals surface area (Å²) in [5, 5.41) is 9.05. The van der Waals surface area contributed by atoms with Gasteiger partial charge in [0.25, 0.3) is 0 Å². The van der Waals surface area contributed by atoms with Gasteiger partial charge >= 0.3 is 0 Å². The number of benzene rings is 2. The quantitative estimate of drug-likeness (QED) is 0.742. The minimum atomic E-state index is -3.02. The molecule has 2 aromatic carbocycles. The summed E-state index contributed by atoms with van der Waals surface area (Å²) in [7, 11) is -3.02. The predicted octanol–water partition coefficient (Wildman–Crippen LogP) is 3.54. The molecule has 146 valence electrons. The lowest BCUT2D eigenvalue weighted by molar-refractivity contribution is -0.00297. The Kier molecular flexibility index (Phi) is 4.80. The molecule has 0 aromatic heterocycles. The molecule has 0 bridgehead atoms. The third-order valence-electron chi connectivity index (χ3n) is 5.77. The molecule has 0 unspecified atom stereocenters. The van der Waals surface area contributed by atoms with Crippen LogP contribution in [0, 0.1) is 11.5 Å². The summed E-state index contributed by atoms with van der Waals surface area (Å²) in [6.07, 6.45) is 7.22. The standard InChI is InChI=1S/C22H24N2O3S/c1-28(25,26)15-17-2-4-18(5-3-17)19-6-7-21-20(14-19)8-9-22(27-21)10-12-24(16-23)13-11-22/h2-7,14H,8-13,15H2,1H3. The first kappa shape index (κ1) is 18.8. The number of hydrogen-bond acceptors (Lipinski definition) is 5. The van der Waals surface area contributed by atoms with E-state index in [1.165, 1.54) is 11.8 Å². The van der Waals surface area contributed by atoms with E-state index in [0.717, 1.165) is 61.2 Å². The second-order valence-corrected chi connectivity index (χ2v) is 10.1. The van der Waals surface area contributed by atoms with Gasteiger partial charge in [0.05, 0.1) is 5.75 Å². The smallest absolute Gasteiger partial charge is 0.179 e. The van der Waals surface area contributed by atoms with Gasteiger partial charge in [-0.3, -0.25) is 0 Å². The van der Waals surface area contributed by atoms with Gasteiger partial charge in [0.1, 0.15) is 11.4 Å². The molecule has 0 amide bonds. The molecule has 6 heteroatoms. The normalized spacial score (nSPS) is 18.2. The molecule has 0 aliphatic carbocycles. The second-order valence-electron chi connectivity index (χ2n) is 7.96. The summed E-state index contributed by atoms with van der Waals surface area (Å²) in [5.74, 6) is 1.02. The Bertz CT molecular complexity index is 1010. The van der Waals surface area contributed by atoms with Crippen molar-refractivity contribution in [3.8, 4) is 23.1 Å². The largest absolute Gasteiger partial charge is 0.487 e. The van der Waals surface area contributed by atoms with E-state index in [2.05, 4.69) is 18.3 Å². The molecular formula is C22H24N2O3S. The number of likely N-dealkylation sites (tertiary alicyclic amines) is 1. The minimum absolute atomic E-state index is 0.0661. The molecule has 2 aliphatic heterocycles. The van der Waals surface area contributed by atoms with Gasteiger partial charge in [-0.1, -0.05) is 30.3 Å². The van der Waals surface area contributed by atoms with Gasteiger partial charge in [0.2, 0.25) is 0 Å². The molecule has 0 radical (unpaired) electrons. The molecule has 1 saturated heterocycles. The van der Waals surface area contributed by atoms with Crippen LogP contribution in [0.25, 0.3) is 11.1 Å². The number of nitrogens with zero attached hydrogens (tertiary/aromatic N) is 2. The van der Waals surface area contributed by atoms with E-state index in [9.17, 15) is 8.42 Å². The fourth-order valence-electron chi connectivity index (χ4n) is 4.16. The SMILES string of the molecule is CS(=O)(=O)Cc1ccc(-c2ccc3c(c2)CCC2(CCN(C#N)CC2)O3)cc1. The summed E-state index contributed by atoms with van der Waals surface area (Å²) in [6.45, 7) is 1.54. The number of rotatable bonds is 3. The lowest BCUT2D eigenvalue weighted by Crippen LogP contribution is -2.48. The second kappa shape index (κ2) is 7.14. The number of fused-ring (bicyclic) bond motifs is 1. The van der Waals surface area contributed by atoms with E-state index in [-0.39, 0.29) is 11.4 Å². The van der Waals surface area contributed by atoms with E-state index in [1.54, 1.807) is 4.90 Å². The lowest BCUT2D eigenvalue weighted by atomic mass is 9.83. The zero-order valence-corrected chi connectivity index (χ0v) is 16.8. The molecule has 2 aliphatic rings. The number of nitriles is 1. The highest BCUT2D eigenvalue weighted by atomic mass is 32.2. The molecule has 1 fully saturated rings. The highest BCUT2D eigenvalue weighted by Crippen LogP contribution is 2.40. The molecule has 4 rings (SSSR count). The summed E-state index contributed by atoms with van der Waals surface area (Å²) >= 11 is 0. The van der Waals surface area contributed by atoms with Crippen LogP contribution in [0.1, 0.15) is 30.4 Å². The zero-order valence-electron chi connectivity index (χ0n) is 16.0. The van der Waals surface area contributed by atoms with Gasteiger partial charge in [-0.25, -0.2) is 8.42 Å². The Morgan fingerprint density at radius 3 is 2.39 bits per heavy atom. The third-order valence-corrected chi connectivity index (χ3v) is 6.63. The highest BCUT2D eigenvalue weighted by molar-refractivity contribution is 7.89. The van der Waals surface area contributed by atoms with Crippen molar-refractivity contribution in [2.45, 2.75) is 37.0 Å². The highest BCUT2D eigenvalue weighted by Gasteiger charge is 2.39. The summed E-state index contributed by atoms with van der Waals surface area (Å²) in [5.41, 5.74) is 4.07. The molecule has 0 saturated carbocycles. The molecule has 2 heterocycles. The Morgan fingerprint density at radius 2 is 1.75 bits per heavy atom. The van der Waals surface area contributed by atoms with Gasteiger partial charge in [-0.2, -0.15) is 5.26 Å². The maximum Gasteiger partial charge on any atom is 0.179 e. The first-order chi connectivity index (χ1) is 13.4. The van der Waals surface area contributed by atoms with E-state index in [1.807, 2.05) is 30.3 Å². The zero-order chi connectivity index (χ0) is 19.8. The molecule has 28 heavy (non-hydrogen) atoms. The average molecular weight is 397 g/mol. The van der Waals surface area contributed by atoms with Gasteiger partial charge in [0, 0.05) is 32.2 Å². The molecule has 2 aromatic rings. The van der Waals surface area contributed by atoms with Gasteiger partial charge in [-0.05, 0) is 47.2 Å². The van der Waals surface area contributed by atoms with Crippen molar-refractivity contribution >= 4 is 9.84 Å². The van der Waals surface area contributed by atoms with E-state index >= 15 is 0 Å². The number of piperidine rings is 1. The minimum Gasteiger partial charge on any atom is -0.487 e. The van der Waals surface area contributed by atoms with E-state index < -0.39 is 9.84 Å². The van der Waals surface area contributed by atoms with Gasteiger partial charge in [0.15, 0.2) is 16.0 Å². The predicted molar refractivity (Wildman–Crippen MR) is 109 cm³/mol. The van der Waals surface area contributed by atoms with Crippen molar-refractivity contribution < 1.29 is 13.2 Å². The van der Waals surface area contributed by atoms with Crippen LogP contribution in [-0.2, 0) is 22.0 Å². The number of sulfone groups is 1. The summed E-state index contributed by atoms with van der Waals surface area (Å²) in [4.78, 5) is 1.81. The molecule has 5 nitrogen and oxygen atoms in total. The van der Waals surface area contributed by atoms with Crippen LogP contribution >= 0.6 is 0 Å². The number of aryl methyl sites for hydroxylation is 1. The maximum atomic E-state index is 11.4. The van der Waals surface area contributed by atoms with Gasteiger partial charge < -0.3 is 9.64 Å². The fourth-order valence-corrected chi connectivity index (χ4v) is 4.96. The van der Waals surface area contributed by atoms with Crippen LogP contribution in [0.2, 0.25) is 0 Å². The van der Waals surface area contributed by atoms with Crippen LogP contribution in [0.3, 0.4) is 0 Å². The average Bonchev–Trinajstić information content (AvgIpc) is 2.68. The number of ether oxygens (including phenoxy) is 1. The Hall–Kier alpha value is -2.52. The van der Waals surface area contributed by atoms with Crippen molar-refractivity contribution in [1.29, 1.82) is 5.26 Å². The maximum absolute atomic E-state index is 11.4. The molecule has 0 atom stereocenters. The summed E-state index contributed by atoms with van der Waals surface area (Å²) < 4.78 is 29.3. The fraction of sp³-hybridized carbons (Fsp3) is 0.409. The van der Waals surface area contributed by atoms with Crippen molar-refractivity contribution in [2.75, 3.05) is 19.3 Å². The first-order valence-corrected chi connectivity index (χ1v) is 11.7. The van der Waals surface area contributed by atoms with Crippen LogP contribution in [-0.4, -0.2) is 38.3 Å². The van der Waals surface area contributed by atoms with Crippen LogP contribution in [0.15, 0.2) is 42.5 Å². The van der Waals surface area contributed by atoms with Crippen LogP contribution in [0.4, 0.5) is 0 Å². The van der Waals surface area contributed by atoms with Crippen molar-refractivity contribution in [1.82, 2.24) is 4.90 Å². The Balaban J connectivity index is 1.51. The lowest BCUT2D eigenvalue weighted by Gasteiger charge is -2.43. The third kappa shape index (κ3) is 4.00. The Labute approximate surface area is 166 Å². The molecular weight excluding hydrogens is 372 g/mol. The monoisotopic (exact) mass is 396 g/mol. The first-order valence-electron chi connectivity index (χ1n) is 9.60. The van der Waals surface area contributed by atoms with Crippen LogP contribution in [0.5, 0.6) is 5.75 Å². The number of hydrogen-bond donors (Lipinski definition) is 0.